The zero-order chi connectivity index (χ0) is 22.5. The van der Waals surface area contributed by atoms with Crippen molar-refractivity contribution in [2.75, 3.05) is 48.8 Å². The Morgan fingerprint density at radius 1 is 0.938 bits per heavy atom. The van der Waals surface area contributed by atoms with E-state index in [4.69, 9.17) is 5.21 Å². The number of aromatic nitrogens is 2. The lowest BCUT2D eigenvalue weighted by Crippen LogP contribution is -2.44. The van der Waals surface area contributed by atoms with Gasteiger partial charge in [0.1, 0.15) is 5.82 Å². The summed E-state index contributed by atoms with van der Waals surface area (Å²) >= 11 is 0. The van der Waals surface area contributed by atoms with E-state index in [-0.39, 0.29) is 0 Å². The van der Waals surface area contributed by atoms with Gasteiger partial charge >= 0.3 is 0 Å². The Balaban J connectivity index is 1.43. The van der Waals surface area contributed by atoms with Gasteiger partial charge in [0.15, 0.2) is 0 Å². The van der Waals surface area contributed by atoms with Crippen LogP contribution in [0, 0.1) is 6.92 Å². The first kappa shape index (κ1) is 21.5. The zero-order valence-electron chi connectivity index (χ0n) is 18.2. The molecule has 0 unspecified atom stereocenters. The van der Waals surface area contributed by atoms with E-state index < -0.39 is 5.91 Å². The maximum atomic E-state index is 11.5. The standard InChI is InChI=1S/C23H27N7O2/c1-16-15-24-23(27-21(16)25-18-5-3-17(4-6-18)22(31)28-32)26-19-7-9-20(10-8-19)30-13-11-29(2)12-14-30/h3-10,15,32H,11-14H2,1-2H3,(H,28,31)(H2,24,25,26,27). The van der Waals surface area contributed by atoms with Crippen molar-refractivity contribution in [3.8, 4) is 0 Å². The molecule has 0 atom stereocenters. The maximum Gasteiger partial charge on any atom is 0.274 e. The van der Waals surface area contributed by atoms with Crippen molar-refractivity contribution in [1.29, 1.82) is 0 Å². The molecular weight excluding hydrogens is 406 g/mol. The fraction of sp³-hybridized carbons (Fsp3) is 0.261. The third kappa shape index (κ3) is 5.13. The molecule has 9 heteroatoms. The van der Waals surface area contributed by atoms with E-state index in [0.717, 1.165) is 43.1 Å². The molecule has 32 heavy (non-hydrogen) atoms. The summed E-state index contributed by atoms with van der Waals surface area (Å²) in [4.78, 5) is 25.2. The van der Waals surface area contributed by atoms with Crippen molar-refractivity contribution in [2.45, 2.75) is 6.92 Å². The number of hydrogen-bond donors (Lipinski definition) is 4. The zero-order valence-corrected chi connectivity index (χ0v) is 18.2. The minimum absolute atomic E-state index is 0.361. The molecule has 4 N–H and O–H groups in total. The second-order valence-corrected chi connectivity index (χ2v) is 7.83. The number of rotatable bonds is 6. The number of hydroxylamine groups is 1. The summed E-state index contributed by atoms with van der Waals surface area (Å²) in [5.74, 6) is 0.595. The number of carbonyl (C=O) groups excluding carboxylic acids is 1. The van der Waals surface area contributed by atoms with E-state index in [1.807, 2.05) is 19.1 Å². The molecule has 0 aliphatic carbocycles. The molecular formula is C23H27N7O2. The van der Waals surface area contributed by atoms with Gasteiger partial charge in [0.2, 0.25) is 5.95 Å². The molecule has 1 saturated heterocycles. The fourth-order valence-corrected chi connectivity index (χ4v) is 3.48. The normalized spacial score (nSPS) is 14.2. The van der Waals surface area contributed by atoms with Gasteiger partial charge in [-0.1, -0.05) is 0 Å². The Hall–Kier alpha value is -3.69. The average Bonchev–Trinajstić information content (AvgIpc) is 2.82. The monoisotopic (exact) mass is 433 g/mol. The highest BCUT2D eigenvalue weighted by Gasteiger charge is 2.14. The van der Waals surface area contributed by atoms with Crippen LogP contribution in [0.4, 0.5) is 28.8 Å². The highest BCUT2D eigenvalue weighted by molar-refractivity contribution is 5.93. The number of likely N-dealkylation sites (N-methyl/N-ethyl adjacent to an activating group) is 1. The van der Waals surface area contributed by atoms with Gasteiger partial charge in [-0.3, -0.25) is 10.0 Å². The Morgan fingerprint density at radius 3 is 2.22 bits per heavy atom. The summed E-state index contributed by atoms with van der Waals surface area (Å²) in [6.07, 6.45) is 1.75. The molecule has 2 aromatic carbocycles. The van der Waals surface area contributed by atoms with E-state index in [9.17, 15) is 4.79 Å². The first-order valence-corrected chi connectivity index (χ1v) is 10.5. The molecule has 2 heterocycles. The van der Waals surface area contributed by atoms with E-state index in [1.165, 1.54) is 5.69 Å². The molecule has 0 saturated carbocycles. The van der Waals surface area contributed by atoms with Crippen LogP contribution in [-0.4, -0.2) is 59.2 Å². The Labute approximate surface area is 187 Å². The molecule has 1 amide bonds. The minimum atomic E-state index is -0.556. The quantitative estimate of drug-likeness (QED) is 0.347. The Morgan fingerprint density at radius 2 is 1.56 bits per heavy atom. The molecule has 0 bridgehead atoms. The molecule has 1 aliphatic rings. The summed E-state index contributed by atoms with van der Waals surface area (Å²) in [6.45, 7) is 6.13. The van der Waals surface area contributed by atoms with Gasteiger partial charge in [-0.05, 0) is 62.5 Å². The van der Waals surface area contributed by atoms with Gasteiger partial charge in [0, 0.05) is 60.6 Å². The lowest BCUT2D eigenvalue weighted by molar-refractivity contribution is 0.0706. The van der Waals surface area contributed by atoms with E-state index in [1.54, 1.807) is 35.9 Å². The van der Waals surface area contributed by atoms with E-state index in [2.05, 4.69) is 49.6 Å². The van der Waals surface area contributed by atoms with Gasteiger partial charge in [0.05, 0.1) is 0 Å². The van der Waals surface area contributed by atoms with Crippen LogP contribution in [-0.2, 0) is 0 Å². The first-order chi connectivity index (χ1) is 15.5. The number of carbonyl (C=O) groups is 1. The van der Waals surface area contributed by atoms with Gasteiger partial charge in [-0.15, -0.1) is 0 Å². The predicted octanol–water partition coefficient (Wildman–Crippen LogP) is 3.14. The van der Waals surface area contributed by atoms with Gasteiger partial charge in [-0.2, -0.15) is 4.98 Å². The summed E-state index contributed by atoms with van der Waals surface area (Å²) < 4.78 is 0. The first-order valence-electron chi connectivity index (χ1n) is 10.5. The highest BCUT2D eigenvalue weighted by Crippen LogP contribution is 2.23. The second-order valence-electron chi connectivity index (χ2n) is 7.83. The third-order valence-electron chi connectivity index (χ3n) is 5.47. The number of hydrogen-bond acceptors (Lipinski definition) is 8. The molecule has 9 nitrogen and oxygen atoms in total. The number of benzene rings is 2. The van der Waals surface area contributed by atoms with Crippen LogP contribution in [0.1, 0.15) is 15.9 Å². The second kappa shape index (κ2) is 9.63. The summed E-state index contributed by atoms with van der Waals surface area (Å²) in [6, 6.07) is 15.0. The van der Waals surface area contributed by atoms with Crippen molar-refractivity contribution in [3.05, 3.63) is 65.9 Å². The predicted molar refractivity (Wildman–Crippen MR) is 125 cm³/mol. The molecule has 1 aromatic heterocycles. The SMILES string of the molecule is Cc1cnc(Nc2ccc(N3CCN(C)CC3)cc2)nc1Nc1ccc(C(=O)NO)cc1. The third-order valence-corrected chi connectivity index (χ3v) is 5.47. The fourth-order valence-electron chi connectivity index (χ4n) is 3.48. The number of nitrogens with one attached hydrogen (secondary N) is 3. The van der Waals surface area contributed by atoms with Crippen molar-refractivity contribution in [3.63, 3.8) is 0 Å². The molecule has 0 spiro atoms. The molecule has 3 aromatic rings. The molecule has 1 fully saturated rings. The van der Waals surface area contributed by atoms with Crippen molar-refractivity contribution < 1.29 is 10.0 Å². The lowest BCUT2D eigenvalue weighted by atomic mass is 10.2. The lowest BCUT2D eigenvalue weighted by Gasteiger charge is -2.34. The van der Waals surface area contributed by atoms with E-state index in [0.29, 0.717) is 17.3 Å². The van der Waals surface area contributed by atoms with E-state index >= 15 is 0 Å². The summed E-state index contributed by atoms with van der Waals surface area (Å²) in [5, 5.41) is 15.2. The minimum Gasteiger partial charge on any atom is -0.369 e. The molecule has 0 radical (unpaired) electrons. The van der Waals surface area contributed by atoms with Crippen LogP contribution >= 0.6 is 0 Å². The highest BCUT2D eigenvalue weighted by atomic mass is 16.5. The van der Waals surface area contributed by atoms with Crippen LogP contribution in [0.25, 0.3) is 0 Å². The number of anilines is 5. The average molecular weight is 434 g/mol. The van der Waals surface area contributed by atoms with Crippen molar-refractivity contribution in [1.82, 2.24) is 20.3 Å². The van der Waals surface area contributed by atoms with Gasteiger partial charge in [-0.25, -0.2) is 10.5 Å². The molecule has 166 valence electrons. The van der Waals surface area contributed by atoms with Crippen LogP contribution in [0.3, 0.4) is 0 Å². The van der Waals surface area contributed by atoms with Crippen LogP contribution in [0.2, 0.25) is 0 Å². The number of amides is 1. The Kier molecular flexibility index (Phi) is 6.48. The molecule has 4 rings (SSSR count). The van der Waals surface area contributed by atoms with Crippen molar-refractivity contribution in [2.24, 2.45) is 0 Å². The smallest absolute Gasteiger partial charge is 0.274 e. The van der Waals surface area contributed by atoms with Gasteiger partial charge in [0.25, 0.3) is 5.91 Å². The molecule has 1 aliphatic heterocycles. The maximum absolute atomic E-state index is 11.5. The van der Waals surface area contributed by atoms with Crippen LogP contribution < -0.4 is 21.0 Å². The summed E-state index contributed by atoms with van der Waals surface area (Å²) in [5.41, 5.74) is 5.77. The number of piperazine rings is 1. The topological polar surface area (TPSA) is 106 Å². The number of aryl methyl sites for hydroxylation is 1. The van der Waals surface area contributed by atoms with Gasteiger partial charge < -0.3 is 20.4 Å². The largest absolute Gasteiger partial charge is 0.369 e. The Bertz CT molecular complexity index is 1060. The summed E-state index contributed by atoms with van der Waals surface area (Å²) in [7, 11) is 2.15. The van der Waals surface area contributed by atoms with Crippen molar-refractivity contribution >= 4 is 34.7 Å². The van der Waals surface area contributed by atoms with Crippen LogP contribution in [0.15, 0.2) is 54.7 Å². The number of nitrogens with zero attached hydrogens (tertiary/aromatic N) is 4. The van der Waals surface area contributed by atoms with Crippen LogP contribution in [0.5, 0.6) is 0 Å².